The average Bonchev–Trinajstić information content (AvgIpc) is 2.80. The number of anilines is 1. The number of rotatable bonds is 6. The maximum Gasteiger partial charge on any atom is 0.281 e. The summed E-state index contributed by atoms with van der Waals surface area (Å²) in [6.45, 7) is 5.63. The molecule has 0 aromatic carbocycles. The van der Waals surface area contributed by atoms with E-state index in [-0.39, 0.29) is 5.91 Å². The predicted octanol–water partition coefficient (Wildman–Crippen LogP) is 0.716. The molecule has 0 bridgehead atoms. The van der Waals surface area contributed by atoms with Gasteiger partial charge in [-0.1, -0.05) is 13.8 Å². The summed E-state index contributed by atoms with van der Waals surface area (Å²) in [5.41, 5.74) is 2.27. The van der Waals surface area contributed by atoms with E-state index in [1.807, 2.05) is 6.07 Å². The molecular weight excluding hydrogens is 354 g/mol. The molecule has 9 heteroatoms. The summed E-state index contributed by atoms with van der Waals surface area (Å²) in [5, 5.41) is 5.89. The van der Waals surface area contributed by atoms with E-state index in [1.165, 1.54) is 22.7 Å². The molecule has 8 nitrogen and oxygen atoms in total. The Morgan fingerprint density at radius 1 is 1.31 bits per heavy atom. The van der Waals surface area contributed by atoms with Gasteiger partial charge in [0.2, 0.25) is 0 Å². The first-order valence-electron chi connectivity index (χ1n) is 8.83. The van der Waals surface area contributed by atoms with E-state index < -0.39 is 10.2 Å². The van der Waals surface area contributed by atoms with Crippen LogP contribution in [0.5, 0.6) is 0 Å². The minimum atomic E-state index is -3.46. The van der Waals surface area contributed by atoms with Crippen LogP contribution in [0.15, 0.2) is 6.07 Å². The fraction of sp³-hybridized carbons (Fsp3) is 0.647. The molecule has 0 spiro atoms. The Bertz CT molecular complexity index is 762. The highest BCUT2D eigenvalue weighted by molar-refractivity contribution is 7.86. The van der Waals surface area contributed by atoms with Gasteiger partial charge in [-0.2, -0.15) is 17.0 Å². The van der Waals surface area contributed by atoms with Crippen molar-refractivity contribution in [2.75, 3.05) is 46.1 Å². The third kappa shape index (κ3) is 4.52. The van der Waals surface area contributed by atoms with E-state index in [0.29, 0.717) is 49.8 Å². The lowest BCUT2D eigenvalue weighted by Gasteiger charge is -2.23. The lowest BCUT2D eigenvalue weighted by Crippen LogP contribution is -2.41. The van der Waals surface area contributed by atoms with E-state index in [2.05, 4.69) is 29.5 Å². The molecule has 0 saturated heterocycles. The van der Waals surface area contributed by atoms with Gasteiger partial charge < -0.3 is 10.6 Å². The maximum absolute atomic E-state index is 12.4. The van der Waals surface area contributed by atoms with Gasteiger partial charge >= 0.3 is 0 Å². The Balaban J connectivity index is 2.34. The molecule has 0 saturated carbocycles. The standard InChI is InChI=1S/C17H29N5O3S/c1-12(2)11-19-16-14(17(23)18-3)10-13-6-8-22(9-7-15(13)20-16)26(24,25)21(4)5/h10,12H,6-9,11H2,1-5H3,(H,18,23)(H,19,20). The van der Waals surface area contributed by atoms with Crippen molar-refractivity contribution in [2.24, 2.45) is 5.92 Å². The van der Waals surface area contributed by atoms with Crippen molar-refractivity contribution in [1.82, 2.24) is 18.9 Å². The molecule has 146 valence electrons. The SMILES string of the molecule is CNC(=O)c1cc2c(nc1NCC(C)C)CCN(S(=O)(=O)N(C)C)CC2. The van der Waals surface area contributed by atoms with E-state index in [4.69, 9.17) is 0 Å². The third-order valence-corrected chi connectivity index (χ3v) is 6.30. The smallest absolute Gasteiger partial charge is 0.281 e. The first kappa shape index (κ1) is 20.6. The van der Waals surface area contributed by atoms with E-state index in [0.717, 1.165) is 11.3 Å². The molecule has 1 amide bonds. The Morgan fingerprint density at radius 3 is 2.54 bits per heavy atom. The monoisotopic (exact) mass is 383 g/mol. The summed E-state index contributed by atoms with van der Waals surface area (Å²) >= 11 is 0. The zero-order valence-electron chi connectivity index (χ0n) is 16.2. The van der Waals surface area contributed by atoms with Gasteiger partial charge in [0.15, 0.2) is 0 Å². The third-order valence-electron chi connectivity index (χ3n) is 4.36. The summed E-state index contributed by atoms with van der Waals surface area (Å²) in [5.74, 6) is 0.767. The average molecular weight is 384 g/mol. The molecule has 0 unspecified atom stereocenters. The summed E-state index contributed by atoms with van der Waals surface area (Å²) < 4.78 is 27.5. The predicted molar refractivity (Wildman–Crippen MR) is 103 cm³/mol. The summed E-state index contributed by atoms with van der Waals surface area (Å²) in [7, 11) is 1.19. The number of amides is 1. The Hall–Kier alpha value is -1.71. The highest BCUT2D eigenvalue weighted by atomic mass is 32.2. The second-order valence-electron chi connectivity index (χ2n) is 7.03. The number of hydrogen-bond acceptors (Lipinski definition) is 5. The Labute approximate surface area is 156 Å². The Kier molecular flexibility index (Phi) is 6.59. The minimum absolute atomic E-state index is 0.200. The van der Waals surface area contributed by atoms with Crippen LogP contribution in [-0.4, -0.2) is 68.7 Å². The van der Waals surface area contributed by atoms with Crippen molar-refractivity contribution in [3.63, 3.8) is 0 Å². The number of fused-ring (bicyclic) bond motifs is 1. The number of nitrogens with one attached hydrogen (secondary N) is 2. The fourth-order valence-corrected chi connectivity index (χ4v) is 3.92. The second kappa shape index (κ2) is 8.32. The van der Waals surface area contributed by atoms with Gasteiger partial charge in [0, 0.05) is 52.9 Å². The molecule has 0 atom stereocenters. The van der Waals surface area contributed by atoms with Crippen LogP contribution < -0.4 is 10.6 Å². The number of carbonyl (C=O) groups excluding carboxylic acids is 1. The lowest BCUT2D eigenvalue weighted by molar-refractivity contribution is 0.0963. The first-order valence-corrected chi connectivity index (χ1v) is 10.2. The second-order valence-corrected chi connectivity index (χ2v) is 9.18. The molecule has 0 radical (unpaired) electrons. The highest BCUT2D eigenvalue weighted by Gasteiger charge is 2.28. The van der Waals surface area contributed by atoms with Crippen LogP contribution in [-0.2, 0) is 23.1 Å². The number of hydrogen-bond donors (Lipinski definition) is 2. The van der Waals surface area contributed by atoms with Gasteiger partial charge in [-0.25, -0.2) is 4.98 Å². The lowest BCUT2D eigenvalue weighted by atomic mass is 10.0. The van der Waals surface area contributed by atoms with Crippen LogP contribution in [0.4, 0.5) is 5.82 Å². The van der Waals surface area contributed by atoms with Crippen LogP contribution in [0.2, 0.25) is 0 Å². The molecule has 0 fully saturated rings. The number of nitrogens with zero attached hydrogens (tertiary/aromatic N) is 3. The van der Waals surface area contributed by atoms with Crippen molar-refractivity contribution in [3.05, 3.63) is 22.9 Å². The van der Waals surface area contributed by atoms with Gasteiger partial charge in [-0.05, 0) is 24.0 Å². The quantitative estimate of drug-likeness (QED) is 0.755. The number of carbonyl (C=O) groups is 1. The van der Waals surface area contributed by atoms with Gasteiger partial charge in [0.25, 0.3) is 16.1 Å². The normalized spacial score (nSPS) is 15.7. The Morgan fingerprint density at radius 2 is 1.96 bits per heavy atom. The van der Waals surface area contributed by atoms with Crippen molar-refractivity contribution < 1.29 is 13.2 Å². The summed E-state index contributed by atoms with van der Waals surface area (Å²) in [6, 6.07) is 1.84. The zero-order valence-corrected chi connectivity index (χ0v) is 17.0. The van der Waals surface area contributed by atoms with E-state index >= 15 is 0 Å². The maximum atomic E-state index is 12.4. The van der Waals surface area contributed by atoms with Gasteiger partial charge in [-0.3, -0.25) is 4.79 Å². The van der Waals surface area contributed by atoms with Crippen molar-refractivity contribution in [3.8, 4) is 0 Å². The molecule has 1 aliphatic rings. The van der Waals surface area contributed by atoms with Crippen LogP contribution in [0.3, 0.4) is 0 Å². The molecule has 1 aromatic rings. The van der Waals surface area contributed by atoms with Crippen LogP contribution in [0.25, 0.3) is 0 Å². The summed E-state index contributed by atoms with van der Waals surface area (Å²) in [4.78, 5) is 16.9. The first-order chi connectivity index (χ1) is 12.2. The van der Waals surface area contributed by atoms with E-state index in [1.54, 1.807) is 7.05 Å². The minimum Gasteiger partial charge on any atom is -0.369 e. The fourth-order valence-electron chi connectivity index (χ4n) is 2.82. The van der Waals surface area contributed by atoms with Crippen LogP contribution in [0.1, 0.15) is 35.5 Å². The highest BCUT2D eigenvalue weighted by Crippen LogP contribution is 2.23. The zero-order chi connectivity index (χ0) is 19.5. The molecule has 0 aliphatic carbocycles. The molecule has 26 heavy (non-hydrogen) atoms. The molecule has 2 N–H and O–H groups in total. The van der Waals surface area contributed by atoms with Gasteiger partial charge in [0.1, 0.15) is 5.82 Å². The molecule has 2 heterocycles. The summed E-state index contributed by atoms with van der Waals surface area (Å²) in [6.07, 6.45) is 1.05. The molecular formula is C17H29N5O3S. The van der Waals surface area contributed by atoms with Gasteiger partial charge in [0.05, 0.1) is 5.56 Å². The largest absolute Gasteiger partial charge is 0.369 e. The van der Waals surface area contributed by atoms with Crippen molar-refractivity contribution in [1.29, 1.82) is 0 Å². The van der Waals surface area contributed by atoms with Crippen molar-refractivity contribution in [2.45, 2.75) is 26.7 Å². The number of aromatic nitrogens is 1. The van der Waals surface area contributed by atoms with Crippen molar-refractivity contribution >= 4 is 21.9 Å². The van der Waals surface area contributed by atoms with Gasteiger partial charge in [-0.15, -0.1) is 0 Å². The van der Waals surface area contributed by atoms with Crippen LogP contribution >= 0.6 is 0 Å². The van der Waals surface area contributed by atoms with Crippen LogP contribution in [0, 0.1) is 5.92 Å². The number of pyridine rings is 1. The molecule has 2 rings (SSSR count). The van der Waals surface area contributed by atoms with E-state index in [9.17, 15) is 13.2 Å². The molecule has 1 aromatic heterocycles. The molecule has 1 aliphatic heterocycles. The topological polar surface area (TPSA) is 94.6 Å².